The number of ether oxygens (including phenoxy) is 1. The van der Waals surface area contributed by atoms with Crippen LogP contribution in [0.4, 0.5) is 5.69 Å². The molecular weight excluding hydrogens is 583 g/mol. The Morgan fingerprint density at radius 3 is 2.49 bits per heavy atom. The third-order valence-electron chi connectivity index (χ3n) is 5.33. The molecule has 0 bridgehead atoms. The maximum Gasteiger partial charge on any atom is 0.282 e. The first kappa shape index (κ1) is 26.8. The zero-order valence-electron chi connectivity index (χ0n) is 20.0. The SMILES string of the molecule is CC(C)(C)c1nc2ccc(Br)cc2c(=O)n1N=Cc1cc(Cl)c(OCc2cccc([N+](=O)[O-])c2)c(Cl)c1. The Morgan fingerprint density at radius 2 is 1.84 bits per heavy atom. The van der Waals surface area contributed by atoms with Crippen molar-refractivity contribution in [1.82, 2.24) is 9.66 Å². The van der Waals surface area contributed by atoms with Crippen molar-refractivity contribution in [3.05, 3.63) is 107 Å². The van der Waals surface area contributed by atoms with Crippen molar-refractivity contribution < 1.29 is 9.66 Å². The van der Waals surface area contributed by atoms with Crippen LogP contribution in [0, 0.1) is 10.1 Å². The van der Waals surface area contributed by atoms with Crippen molar-refractivity contribution >= 4 is 61.9 Å². The Kier molecular flexibility index (Phi) is 7.68. The van der Waals surface area contributed by atoms with Gasteiger partial charge < -0.3 is 4.74 Å². The Morgan fingerprint density at radius 1 is 1.14 bits per heavy atom. The number of hydrogen-bond acceptors (Lipinski definition) is 6. The molecule has 0 aliphatic rings. The van der Waals surface area contributed by atoms with Gasteiger partial charge in [-0.05, 0) is 41.5 Å². The van der Waals surface area contributed by atoms with Gasteiger partial charge in [0.15, 0.2) is 5.75 Å². The Balaban J connectivity index is 1.66. The fraction of sp³-hybridized carbons (Fsp3) is 0.192. The molecule has 4 aromatic rings. The first-order valence-electron chi connectivity index (χ1n) is 11.1. The maximum absolute atomic E-state index is 13.3. The highest BCUT2D eigenvalue weighted by Gasteiger charge is 2.23. The van der Waals surface area contributed by atoms with Crippen LogP contribution in [0.5, 0.6) is 5.75 Å². The number of non-ortho nitro benzene ring substituents is 1. The Labute approximate surface area is 230 Å². The molecule has 1 aromatic heterocycles. The number of benzene rings is 3. The quantitative estimate of drug-likeness (QED) is 0.133. The predicted molar refractivity (Wildman–Crippen MR) is 149 cm³/mol. The largest absolute Gasteiger partial charge is 0.486 e. The van der Waals surface area contributed by atoms with Crippen molar-refractivity contribution in [2.75, 3.05) is 0 Å². The maximum atomic E-state index is 13.3. The van der Waals surface area contributed by atoms with E-state index in [0.717, 1.165) is 4.47 Å². The highest BCUT2D eigenvalue weighted by molar-refractivity contribution is 9.10. The standard InChI is InChI=1S/C26H21BrCl2N4O4/c1-26(2,3)25-31-22-8-7-17(27)12-19(22)24(34)32(25)30-13-16-10-20(28)23(21(29)11-16)37-14-15-5-4-6-18(9-15)33(35)36/h4-13H,14H2,1-3H3. The molecule has 0 aliphatic heterocycles. The van der Waals surface area contributed by atoms with Crippen LogP contribution in [0.1, 0.15) is 37.7 Å². The zero-order valence-corrected chi connectivity index (χ0v) is 23.1. The van der Waals surface area contributed by atoms with Crippen LogP contribution in [-0.2, 0) is 12.0 Å². The molecule has 0 radical (unpaired) electrons. The number of hydrogen-bond donors (Lipinski definition) is 0. The molecular formula is C26H21BrCl2N4O4. The minimum atomic E-state index is -0.474. The van der Waals surface area contributed by atoms with E-state index in [1.807, 2.05) is 26.8 Å². The predicted octanol–water partition coefficient (Wildman–Crippen LogP) is 7.13. The van der Waals surface area contributed by atoms with E-state index in [1.165, 1.54) is 23.0 Å². The summed E-state index contributed by atoms with van der Waals surface area (Å²) in [5.74, 6) is 0.731. The summed E-state index contributed by atoms with van der Waals surface area (Å²) in [4.78, 5) is 28.5. The highest BCUT2D eigenvalue weighted by atomic mass is 79.9. The van der Waals surface area contributed by atoms with Gasteiger partial charge in [0.25, 0.3) is 11.2 Å². The van der Waals surface area contributed by atoms with E-state index < -0.39 is 10.3 Å². The van der Waals surface area contributed by atoms with Crippen LogP contribution < -0.4 is 10.3 Å². The summed E-state index contributed by atoms with van der Waals surface area (Å²) in [5, 5.41) is 16.3. The van der Waals surface area contributed by atoms with E-state index in [1.54, 1.807) is 36.4 Å². The molecule has 0 fully saturated rings. The molecule has 0 spiro atoms. The molecule has 0 N–H and O–H groups in total. The van der Waals surface area contributed by atoms with Crippen molar-refractivity contribution in [1.29, 1.82) is 0 Å². The van der Waals surface area contributed by atoms with Gasteiger partial charge in [-0.2, -0.15) is 9.78 Å². The Bertz CT molecular complexity index is 1590. The number of halogens is 3. The molecule has 0 saturated carbocycles. The van der Waals surface area contributed by atoms with Crippen molar-refractivity contribution in [3.63, 3.8) is 0 Å². The molecule has 0 unspecified atom stereocenters. The fourth-order valence-electron chi connectivity index (χ4n) is 3.57. The summed E-state index contributed by atoms with van der Waals surface area (Å²) in [6, 6.07) is 14.6. The molecule has 8 nitrogen and oxygen atoms in total. The minimum absolute atomic E-state index is 0.0368. The van der Waals surface area contributed by atoms with Crippen molar-refractivity contribution in [2.24, 2.45) is 5.10 Å². The highest BCUT2D eigenvalue weighted by Crippen LogP contribution is 2.34. The molecule has 0 amide bonds. The van der Waals surface area contributed by atoms with Gasteiger partial charge in [-0.15, -0.1) is 0 Å². The fourth-order valence-corrected chi connectivity index (χ4v) is 4.55. The first-order valence-corrected chi connectivity index (χ1v) is 12.6. The lowest BCUT2D eigenvalue weighted by molar-refractivity contribution is -0.384. The van der Waals surface area contributed by atoms with E-state index >= 15 is 0 Å². The van der Waals surface area contributed by atoms with Gasteiger partial charge in [0, 0.05) is 22.0 Å². The molecule has 3 aromatic carbocycles. The van der Waals surface area contributed by atoms with E-state index in [4.69, 9.17) is 32.9 Å². The lowest BCUT2D eigenvalue weighted by atomic mass is 9.95. The molecule has 0 atom stereocenters. The summed E-state index contributed by atoms with van der Waals surface area (Å²) in [6.45, 7) is 5.89. The topological polar surface area (TPSA) is 99.6 Å². The molecule has 11 heteroatoms. The van der Waals surface area contributed by atoms with Gasteiger partial charge >= 0.3 is 0 Å². The van der Waals surface area contributed by atoms with E-state index in [2.05, 4.69) is 21.0 Å². The van der Waals surface area contributed by atoms with Crippen molar-refractivity contribution in [2.45, 2.75) is 32.8 Å². The number of nitro groups is 1. The molecule has 4 rings (SSSR count). The first-order chi connectivity index (χ1) is 17.4. The molecule has 0 aliphatic carbocycles. The van der Waals surface area contributed by atoms with Crippen LogP contribution in [0.3, 0.4) is 0 Å². The molecule has 37 heavy (non-hydrogen) atoms. The number of aromatic nitrogens is 2. The summed E-state index contributed by atoms with van der Waals surface area (Å²) >= 11 is 16.3. The van der Waals surface area contributed by atoms with Gasteiger partial charge in [0.2, 0.25) is 0 Å². The monoisotopic (exact) mass is 602 g/mol. The van der Waals surface area contributed by atoms with Crippen LogP contribution in [0.25, 0.3) is 10.9 Å². The number of nitrogens with zero attached hydrogens (tertiary/aromatic N) is 4. The smallest absolute Gasteiger partial charge is 0.282 e. The minimum Gasteiger partial charge on any atom is -0.486 e. The molecule has 190 valence electrons. The second-order valence-corrected chi connectivity index (χ2v) is 11.0. The van der Waals surface area contributed by atoms with E-state index in [9.17, 15) is 14.9 Å². The molecule has 0 saturated heterocycles. The zero-order chi connectivity index (χ0) is 26.9. The average Bonchev–Trinajstić information content (AvgIpc) is 2.82. The van der Waals surface area contributed by atoms with Gasteiger partial charge in [-0.1, -0.05) is 72.0 Å². The van der Waals surface area contributed by atoms with Gasteiger partial charge in [0.1, 0.15) is 12.4 Å². The second kappa shape index (κ2) is 10.6. The van der Waals surface area contributed by atoms with E-state index in [0.29, 0.717) is 27.9 Å². The third-order valence-corrected chi connectivity index (χ3v) is 6.38. The van der Waals surface area contributed by atoms with E-state index in [-0.39, 0.29) is 33.6 Å². The van der Waals surface area contributed by atoms with Gasteiger partial charge in [0.05, 0.1) is 32.1 Å². The van der Waals surface area contributed by atoms with Crippen LogP contribution >= 0.6 is 39.1 Å². The summed E-state index contributed by atoms with van der Waals surface area (Å²) in [6.07, 6.45) is 1.48. The average molecular weight is 604 g/mol. The number of nitro benzene ring substituents is 1. The number of fused-ring (bicyclic) bond motifs is 1. The lowest BCUT2D eigenvalue weighted by Crippen LogP contribution is -2.29. The number of rotatable bonds is 6. The van der Waals surface area contributed by atoms with Crippen LogP contribution in [0.2, 0.25) is 10.0 Å². The molecule has 1 heterocycles. The summed E-state index contributed by atoms with van der Waals surface area (Å²) < 4.78 is 7.79. The lowest BCUT2D eigenvalue weighted by Gasteiger charge is -2.20. The van der Waals surface area contributed by atoms with Crippen molar-refractivity contribution in [3.8, 4) is 5.75 Å². The normalized spacial score (nSPS) is 11.8. The second-order valence-electron chi connectivity index (χ2n) is 9.24. The van der Waals surface area contributed by atoms with Gasteiger partial charge in [-0.25, -0.2) is 4.98 Å². The summed E-state index contributed by atoms with van der Waals surface area (Å²) in [5.41, 5.74) is 0.917. The third kappa shape index (κ3) is 6.01. The summed E-state index contributed by atoms with van der Waals surface area (Å²) in [7, 11) is 0. The van der Waals surface area contributed by atoms with Crippen LogP contribution in [-0.4, -0.2) is 20.8 Å². The Hall–Kier alpha value is -3.27. The van der Waals surface area contributed by atoms with Crippen LogP contribution in [0.15, 0.2) is 69.0 Å². The van der Waals surface area contributed by atoms with Gasteiger partial charge in [-0.3, -0.25) is 14.9 Å².